The molecule has 0 aromatic heterocycles. The minimum Gasteiger partial charge on any atom is -0.317 e. The lowest BCUT2D eigenvalue weighted by Gasteiger charge is -2.02. The molecule has 0 bridgehead atoms. The summed E-state index contributed by atoms with van der Waals surface area (Å²) < 4.78 is 0. The Labute approximate surface area is 87.1 Å². The van der Waals surface area contributed by atoms with Crippen LogP contribution in [0.4, 0.5) is 10.5 Å². The van der Waals surface area contributed by atoms with Crippen molar-refractivity contribution in [1.82, 2.24) is 0 Å². The van der Waals surface area contributed by atoms with Crippen molar-refractivity contribution in [2.24, 2.45) is 0 Å². The predicted octanol–water partition coefficient (Wildman–Crippen LogP) is 2.84. The highest BCUT2D eigenvalue weighted by atomic mass is 32.2. The highest BCUT2D eigenvalue weighted by Crippen LogP contribution is 2.12. The summed E-state index contributed by atoms with van der Waals surface area (Å²) in [6.45, 7) is 1.91. The number of benzene rings is 1. The molecule has 3 nitrogen and oxygen atoms in total. The molecule has 14 heavy (non-hydrogen) atoms. The van der Waals surface area contributed by atoms with Crippen LogP contribution in [-0.4, -0.2) is 11.0 Å². The maximum Gasteiger partial charge on any atom is 0.283 e. The van der Waals surface area contributed by atoms with Crippen LogP contribution >= 0.6 is 11.8 Å². The van der Waals surface area contributed by atoms with E-state index < -0.39 is 0 Å². The fraction of sp³-hybridized carbons (Fsp3) is 0.200. The minimum absolute atomic E-state index is 0.0948. The van der Waals surface area contributed by atoms with Crippen molar-refractivity contribution < 1.29 is 4.79 Å². The number of nitrogens with one attached hydrogen (secondary N) is 1. The lowest BCUT2D eigenvalue weighted by molar-refractivity contribution is 0.270. The monoisotopic (exact) mass is 206 g/mol. The lowest BCUT2D eigenvalue weighted by atomic mass is 10.2. The predicted molar refractivity (Wildman–Crippen MR) is 58.3 cm³/mol. The Hall–Kier alpha value is -1.47. The van der Waals surface area contributed by atoms with Gasteiger partial charge in [-0.25, -0.2) is 0 Å². The van der Waals surface area contributed by atoms with Gasteiger partial charge in [-0.3, -0.25) is 4.79 Å². The van der Waals surface area contributed by atoms with Crippen LogP contribution in [-0.2, 0) is 0 Å². The fourth-order valence-corrected chi connectivity index (χ4v) is 1.40. The quantitative estimate of drug-likeness (QED) is 0.809. The zero-order valence-corrected chi connectivity index (χ0v) is 8.60. The lowest BCUT2D eigenvalue weighted by Crippen LogP contribution is -2.04. The van der Waals surface area contributed by atoms with Gasteiger partial charge in [-0.05, 0) is 24.0 Å². The molecule has 0 saturated heterocycles. The van der Waals surface area contributed by atoms with Gasteiger partial charge < -0.3 is 5.32 Å². The molecule has 0 heterocycles. The van der Waals surface area contributed by atoms with Gasteiger partial charge in [0.25, 0.3) is 5.24 Å². The van der Waals surface area contributed by atoms with Crippen molar-refractivity contribution in [3.8, 4) is 6.07 Å². The summed E-state index contributed by atoms with van der Waals surface area (Å²) in [6, 6.07) is 8.86. The second kappa shape index (κ2) is 5.30. The van der Waals surface area contributed by atoms with Crippen LogP contribution in [0.15, 0.2) is 24.3 Å². The summed E-state index contributed by atoms with van der Waals surface area (Å²) in [5.74, 6) is 0.740. The molecule has 1 aromatic carbocycles. The first-order chi connectivity index (χ1) is 6.76. The third-order valence-electron chi connectivity index (χ3n) is 1.51. The van der Waals surface area contributed by atoms with E-state index in [4.69, 9.17) is 5.26 Å². The molecule has 0 radical (unpaired) electrons. The first kappa shape index (κ1) is 10.6. The number of anilines is 1. The van der Waals surface area contributed by atoms with Gasteiger partial charge in [0, 0.05) is 5.69 Å². The Morgan fingerprint density at radius 3 is 3.07 bits per heavy atom. The Balaban J connectivity index is 2.68. The van der Waals surface area contributed by atoms with E-state index in [2.05, 4.69) is 5.32 Å². The van der Waals surface area contributed by atoms with Crippen LogP contribution in [0.3, 0.4) is 0 Å². The maximum absolute atomic E-state index is 11.2. The number of thioether (sulfide) groups is 1. The summed E-state index contributed by atoms with van der Waals surface area (Å²) in [4.78, 5) is 11.2. The number of hydrogen-bond acceptors (Lipinski definition) is 3. The summed E-state index contributed by atoms with van der Waals surface area (Å²) in [5.41, 5.74) is 1.21. The van der Waals surface area contributed by atoms with Gasteiger partial charge in [0.2, 0.25) is 0 Å². The normalized spacial score (nSPS) is 9.14. The van der Waals surface area contributed by atoms with Gasteiger partial charge in [0.1, 0.15) is 0 Å². The Bertz CT molecular complexity index is 371. The molecule has 0 unspecified atom stereocenters. The molecule has 72 valence electrons. The number of hydrogen-bond donors (Lipinski definition) is 1. The molecule has 0 fully saturated rings. The zero-order chi connectivity index (χ0) is 10.4. The molecule has 1 rings (SSSR count). The number of nitrogens with zero attached hydrogens (tertiary/aromatic N) is 1. The zero-order valence-electron chi connectivity index (χ0n) is 7.78. The maximum atomic E-state index is 11.2. The molecule has 0 atom stereocenters. The van der Waals surface area contributed by atoms with Crippen LogP contribution < -0.4 is 5.32 Å². The van der Waals surface area contributed by atoms with Gasteiger partial charge in [-0.15, -0.1) is 0 Å². The summed E-state index contributed by atoms with van der Waals surface area (Å²) in [6.07, 6.45) is 0. The highest BCUT2D eigenvalue weighted by molar-refractivity contribution is 8.13. The summed E-state index contributed by atoms with van der Waals surface area (Å²) >= 11 is 1.21. The highest BCUT2D eigenvalue weighted by Gasteiger charge is 2.01. The molecule has 1 aromatic rings. The van der Waals surface area contributed by atoms with E-state index in [0.29, 0.717) is 11.3 Å². The van der Waals surface area contributed by atoms with Crippen molar-refractivity contribution in [2.45, 2.75) is 6.92 Å². The molecule has 0 saturated carbocycles. The summed E-state index contributed by atoms with van der Waals surface area (Å²) in [7, 11) is 0. The van der Waals surface area contributed by atoms with E-state index >= 15 is 0 Å². The van der Waals surface area contributed by atoms with Gasteiger partial charge >= 0.3 is 0 Å². The Kier molecular flexibility index (Phi) is 4.02. The van der Waals surface area contributed by atoms with Gasteiger partial charge in [-0.1, -0.05) is 24.8 Å². The Morgan fingerprint density at radius 2 is 2.43 bits per heavy atom. The van der Waals surface area contributed by atoms with E-state index in [9.17, 15) is 4.79 Å². The average Bonchev–Trinajstić information content (AvgIpc) is 2.18. The largest absolute Gasteiger partial charge is 0.317 e. The molecule has 1 N–H and O–H groups in total. The third kappa shape index (κ3) is 3.11. The molecule has 0 aliphatic heterocycles. The molecule has 0 aliphatic carbocycles. The Morgan fingerprint density at radius 1 is 1.64 bits per heavy atom. The molecular weight excluding hydrogens is 196 g/mol. The molecule has 0 aliphatic rings. The van der Waals surface area contributed by atoms with Crippen LogP contribution in [0.2, 0.25) is 0 Å². The van der Waals surface area contributed by atoms with E-state index in [0.717, 1.165) is 5.75 Å². The number of carbonyl (C=O) groups excluding carboxylic acids is 1. The standard InChI is InChI=1S/C10H10N2OS/c1-2-14-10(13)12-9-5-3-4-8(6-9)7-11/h3-6H,2H2,1H3,(H,12,13). The van der Waals surface area contributed by atoms with E-state index in [1.807, 2.05) is 13.0 Å². The molecular formula is C10H10N2OS. The second-order valence-corrected chi connectivity index (χ2v) is 3.77. The van der Waals surface area contributed by atoms with Gasteiger partial charge in [-0.2, -0.15) is 5.26 Å². The van der Waals surface area contributed by atoms with E-state index in [1.165, 1.54) is 11.8 Å². The van der Waals surface area contributed by atoms with Crippen LogP contribution in [0.5, 0.6) is 0 Å². The summed E-state index contributed by atoms with van der Waals surface area (Å²) in [5, 5.41) is 11.2. The van der Waals surface area contributed by atoms with Gasteiger partial charge in [0.15, 0.2) is 0 Å². The number of rotatable bonds is 2. The first-order valence-corrected chi connectivity index (χ1v) is 5.18. The fourth-order valence-electron chi connectivity index (χ4n) is 0.952. The van der Waals surface area contributed by atoms with Crippen molar-refractivity contribution >= 4 is 22.7 Å². The van der Waals surface area contributed by atoms with Crippen molar-refractivity contribution in [3.05, 3.63) is 29.8 Å². The van der Waals surface area contributed by atoms with Crippen LogP contribution in [0.25, 0.3) is 0 Å². The first-order valence-electron chi connectivity index (χ1n) is 4.20. The minimum atomic E-state index is -0.0948. The molecule has 1 amide bonds. The SMILES string of the molecule is CCSC(=O)Nc1cccc(C#N)c1. The number of amides is 1. The van der Waals surface area contributed by atoms with Crippen molar-refractivity contribution in [2.75, 3.05) is 11.1 Å². The third-order valence-corrected chi connectivity index (χ3v) is 2.17. The smallest absolute Gasteiger partial charge is 0.283 e. The average molecular weight is 206 g/mol. The van der Waals surface area contributed by atoms with Crippen molar-refractivity contribution in [1.29, 1.82) is 5.26 Å². The van der Waals surface area contributed by atoms with Crippen LogP contribution in [0, 0.1) is 11.3 Å². The van der Waals surface area contributed by atoms with Crippen LogP contribution in [0.1, 0.15) is 12.5 Å². The van der Waals surface area contributed by atoms with Gasteiger partial charge in [0.05, 0.1) is 11.6 Å². The topological polar surface area (TPSA) is 52.9 Å². The molecule has 4 heteroatoms. The van der Waals surface area contributed by atoms with Crippen molar-refractivity contribution in [3.63, 3.8) is 0 Å². The number of carbonyl (C=O) groups is 1. The second-order valence-electron chi connectivity index (χ2n) is 2.54. The van der Waals surface area contributed by atoms with E-state index in [-0.39, 0.29) is 5.24 Å². The van der Waals surface area contributed by atoms with E-state index in [1.54, 1.807) is 24.3 Å². The number of nitriles is 1. The molecule has 0 spiro atoms.